The monoisotopic (exact) mass is 274 g/mol. The van der Waals surface area contributed by atoms with E-state index < -0.39 is 0 Å². The molecule has 1 saturated heterocycles. The van der Waals surface area contributed by atoms with Crippen molar-refractivity contribution in [2.45, 2.75) is 46.0 Å². The van der Waals surface area contributed by atoms with Crippen LogP contribution in [0.15, 0.2) is 12.1 Å². The largest absolute Gasteiger partial charge is 0.384 e. The average molecular weight is 274 g/mol. The molecule has 0 spiro atoms. The number of hydrogen-bond donors (Lipinski definition) is 2. The van der Waals surface area contributed by atoms with Gasteiger partial charge in [0.15, 0.2) is 0 Å². The number of anilines is 1. The van der Waals surface area contributed by atoms with E-state index in [4.69, 9.17) is 11.1 Å². The lowest BCUT2D eigenvalue weighted by Crippen LogP contribution is -2.28. The Morgan fingerprint density at radius 1 is 1.40 bits per heavy atom. The van der Waals surface area contributed by atoms with Crippen LogP contribution >= 0.6 is 0 Å². The summed E-state index contributed by atoms with van der Waals surface area (Å²) >= 11 is 0. The molecule has 1 unspecified atom stereocenters. The number of nitrogen functional groups attached to an aromatic ring is 1. The van der Waals surface area contributed by atoms with Crippen molar-refractivity contribution in [3.63, 3.8) is 0 Å². The molecule has 4 nitrogen and oxygen atoms in total. The van der Waals surface area contributed by atoms with Gasteiger partial charge in [-0.2, -0.15) is 0 Å². The summed E-state index contributed by atoms with van der Waals surface area (Å²) < 4.78 is 0. The first-order valence-electron chi connectivity index (χ1n) is 7.68. The van der Waals surface area contributed by atoms with Crippen LogP contribution in [0.4, 0.5) is 5.82 Å². The van der Waals surface area contributed by atoms with E-state index in [0.717, 1.165) is 36.1 Å². The molecule has 0 amide bonds. The standard InChI is InChI=1S/C16H26N4/c1-3-5-13-6-4-10-20(11-9-13)16-14(15(17)18)8-7-12(2)19-16/h7-8,13H,3-6,9-11H2,1-2H3,(H3,17,18). The van der Waals surface area contributed by atoms with Crippen molar-refractivity contribution in [2.24, 2.45) is 11.7 Å². The van der Waals surface area contributed by atoms with Crippen LogP contribution in [-0.4, -0.2) is 23.9 Å². The Kier molecular flexibility index (Phi) is 4.99. The molecule has 2 heterocycles. The number of rotatable bonds is 4. The van der Waals surface area contributed by atoms with Crippen molar-refractivity contribution >= 4 is 11.7 Å². The van der Waals surface area contributed by atoms with Gasteiger partial charge in [-0.05, 0) is 44.2 Å². The van der Waals surface area contributed by atoms with Gasteiger partial charge in [-0.25, -0.2) is 4.98 Å². The van der Waals surface area contributed by atoms with Gasteiger partial charge >= 0.3 is 0 Å². The molecule has 0 aliphatic carbocycles. The Bertz CT molecular complexity index is 470. The maximum Gasteiger partial charge on any atom is 0.139 e. The molecule has 3 N–H and O–H groups in total. The summed E-state index contributed by atoms with van der Waals surface area (Å²) in [5.41, 5.74) is 7.46. The first kappa shape index (κ1) is 14.8. The maximum absolute atomic E-state index is 7.74. The molecule has 1 aliphatic rings. The van der Waals surface area contributed by atoms with Crippen LogP contribution in [0.1, 0.15) is 50.3 Å². The zero-order chi connectivity index (χ0) is 14.5. The zero-order valence-corrected chi connectivity index (χ0v) is 12.7. The number of amidine groups is 1. The smallest absolute Gasteiger partial charge is 0.139 e. The molecule has 0 aromatic carbocycles. The van der Waals surface area contributed by atoms with Crippen molar-refractivity contribution in [1.82, 2.24) is 4.98 Å². The van der Waals surface area contributed by atoms with Crippen molar-refractivity contribution in [3.05, 3.63) is 23.4 Å². The van der Waals surface area contributed by atoms with Crippen molar-refractivity contribution in [3.8, 4) is 0 Å². The molecule has 1 aromatic rings. The SMILES string of the molecule is CCCC1CCCN(c2nc(C)ccc2C(=N)N)CC1. The highest BCUT2D eigenvalue weighted by atomic mass is 15.2. The number of pyridine rings is 1. The summed E-state index contributed by atoms with van der Waals surface area (Å²) in [6, 6.07) is 3.85. The topological polar surface area (TPSA) is 66.0 Å². The number of nitrogens with one attached hydrogen (secondary N) is 1. The Balaban J connectivity index is 2.18. The van der Waals surface area contributed by atoms with Crippen LogP contribution in [0.3, 0.4) is 0 Å². The van der Waals surface area contributed by atoms with Crippen LogP contribution < -0.4 is 10.6 Å². The minimum atomic E-state index is 0.113. The second-order valence-corrected chi connectivity index (χ2v) is 5.81. The Morgan fingerprint density at radius 3 is 2.90 bits per heavy atom. The fourth-order valence-corrected chi connectivity index (χ4v) is 3.07. The van der Waals surface area contributed by atoms with Gasteiger partial charge in [0.25, 0.3) is 0 Å². The van der Waals surface area contributed by atoms with Gasteiger partial charge in [0.2, 0.25) is 0 Å². The number of hydrogen-bond acceptors (Lipinski definition) is 3. The molecular formula is C16H26N4. The minimum Gasteiger partial charge on any atom is -0.384 e. The van der Waals surface area contributed by atoms with Crippen LogP contribution in [0.25, 0.3) is 0 Å². The maximum atomic E-state index is 7.74. The summed E-state index contributed by atoms with van der Waals surface area (Å²) in [5.74, 6) is 1.85. The molecule has 20 heavy (non-hydrogen) atoms. The number of nitrogens with two attached hydrogens (primary N) is 1. The van der Waals surface area contributed by atoms with E-state index in [2.05, 4.69) is 16.8 Å². The van der Waals surface area contributed by atoms with Crippen LogP contribution in [-0.2, 0) is 0 Å². The number of aryl methyl sites for hydroxylation is 1. The Morgan fingerprint density at radius 2 is 2.20 bits per heavy atom. The Labute approximate surface area is 121 Å². The van der Waals surface area contributed by atoms with E-state index in [0.29, 0.717) is 0 Å². The molecule has 1 atom stereocenters. The summed E-state index contributed by atoms with van der Waals surface area (Å²) in [6.45, 7) is 6.31. The van der Waals surface area contributed by atoms with E-state index in [1.165, 1.54) is 32.1 Å². The van der Waals surface area contributed by atoms with E-state index in [1.807, 2.05) is 19.1 Å². The summed E-state index contributed by atoms with van der Waals surface area (Å²) in [5, 5.41) is 7.74. The van der Waals surface area contributed by atoms with Crippen LogP contribution in [0.2, 0.25) is 0 Å². The predicted octanol–water partition coefficient (Wildman–Crippen LogP) is 3.08. The van der Waals surface area contributed by atoms with E-state index >= 15 is 0 Å². The third-order valence-corrected chi connectivity index (χ3v) is 4.15. The Hall–Kier alpha value is -1.58. The lowest BCUT2D eigenvalue weighted by Gasteiger charge is -2.24. The first-order valence-corrected chi connectivity index (χ1v) is 7.68. The molecule has 110 valence electrons. The second-order valence-electron chi connectivity index (χ2n) is 5.81. The van der Waals surface area contributed by atoms with Crippen molar-refractivity contribution < 1.29 is 0 Å². The molecule has 2 rings (SSSR count). The van der Waals surface area contributed by atoms with Crippen molar-refractivity contribution in [1.29, 1.82) is 5.41 Å². The minimum absolute atomic E-state index is 0.113. The van der Waals surface area contributed by atoms with E-state index in [9.17, 15) is 0 Å². The van der Waals surface area contributed by atoms with E-state index in [-0.39, 0.29) is 5.84 Å². The molecule has 1 aromatic heterocycles. The summed E-state index contributed by atoms with van der Waals surface area (Å²) in [6.07, 6.45) is 6.34. The van der Waals surface area contributed by atoms with E-state index in [1.54, 1.807) is 0 Å². The first-order chi connectivity index (χ1) is 9.61. The molecule has 0 bridgehead atoms. The molecular weight excluding hydrogens is 248 g/mol. The van der Waals surface area contributed by atoms with Crippen molar-refractivity contribution in [2.75, 3.05) is 18.0 Å². The van der Waals surface area contributed by atoms with Crippen LogP contribution in [0.5, 0.6) is 0 Å². The third-order valence-electron chi connectivity index (χ3n) is 4.15. The van der Waals surface area contributed by atoms with Gasteiger partial charge in [-0.15, -0.1) is 0 Å². The van der Waals surface area contributed by atoms with Gasteiger partial charge < -0.3 is 10.6 Å². The lowest BCUT2D eigenvalue weighted by atomic mass is 9.96. The zero-order valence-electron chi connectivity index (χ0n) is 12.7. The fourth-order valence-electron chi connectivity index (χ4n) is 3.07. The summed E-state index contributed by atoms with van der Waals surface area (Å²) in [7, 11) is 0. The number of nitrogens with zero attached hydrogens (tertiary/aromatic N) is 2. The number of aromatic nitrogens is 1. The highest BCUT2D eigenvalue weighted by Crippen LogP contribution is 2.26. The van der Waals surface area contributed by atoms with Gasteiger partial charge in [-0.3, -0.25) is 5.41 Å². The predicted molar refractivity (Wildman–Crippen MR) is 84.5 cm³/mol. The highest BCUT2D eigenvalue weighted by Gasteiger charge is 2.20. The quantitative estimate of drug-likeness (QED) is 0.655. The van der Waals surface area contributed by atoms with Gasteiger partial charge in [0, 0.05) is 18.8 Å². The van der Waals surface area contributed by atoms with Crippen LogP contribution in [0, 0.1) is 18.3 Å². The molecule has 1 aliphatic heterocycles. The highest BCUT2D eigenvalue weighted by molar-refractivity contribution is 5.99. The fraction of sp³-hybridized carbons (Fsp3) is 0.625. The van der Waals surface area contributed by atoms with Gasteiger partial charge in [0.05, 0.1) is 5.56 Å². The molecule has 4 heteroatoms. The lowest BCUT2D eigenvalue weighted by molar-refractivity contribution is 0.435. The third kappa shape index (κ3) is 3.50. The molecule has 0 radical (unpaired) electrons. The summed E-state index contributed by atoms with van der Waals surface area (Å²) in [4.78, 5) is 6.95. The average Bonchev–Trinajstić information content (AvgIpc) is 2.64. The molecule has 1 fully saturated rings. The normalized spacial score (nSPS) is 19.7. The second kappa shape index (κ2) is 6.73. The molecule has 0 saturated carbocycles. The van der Waals surface area contributed by atoms with Gasteiger partial charge in [-0.1, -0.05) is 19.8 Å². The van der Waals surface area contributed by atoms with Gasteiger partial charge in [0.1, 0.15) is 11.7 Å².